The largest absolute Gasteiger partial charge is 0.364 e. The maximum atomic E-state index is 9.18. The minimum Gasteiger partial charge on any atom is -0.364 e. The molecule has 1 fully saturated rings. The van der Waals surface area contributed by atoms with Gasteiger partial charge in [0.1, 0.15) is 24.2 Å². The Kier molecular flexibility index (Phi) is 5.25. The van der Waals surface area contributed by atoms with Crippen molar-refractivity contribution in [1.82, 2.24) is 29.6 Å². The summed E-state index contributed by atoms with van der Waals surface area (Å²) >= 11 is 0. The van der Waals surface area contributed by atoms with Gasteiger partial charge in [-0.3, -0.25) is 4.68 Å². The lowest BCUT2D eigenvalue weighted by atomic mass is 9.89. The molecule has 0 atom stereocenters. The van der Waals surface area contributed by atoms with E-state index < -0.39 is 8.07 Å². The molecule has 3 aromatic heterocycles. The molecule has 1 aliphatic rings. The topological polar surface area (TPSA) is 93.6 Å². The van der Waals surface area contributed by atoms with E-state index in [2.05, 4.69) is 46.1 Å². The van der Waals surface area contributed by atoms with E-state index in [-0.39, 0.29) is 5.54 Å². The molecule has 1 saturated heterocycles. The number of hydrogen-bond donors (Lipinski definition) is 1. The normalized spacial score (nSPS) is 15.9. The van der Waals surface area contributed by atoms with E-state index in [1.54, 1.807) is 6.33 Å². The van der Waals surface area contributed by atoms with E-state index in [0.717, 1.165) is 48.0 Å². The van der Waals surface area contributed by atoms with Crippen LogP contribution in [0.4, 0.5) is 0 Å². The second kappa shape index (κ2) is 7.70. The fraction of sp³-hybridized carbons (Fsp3) is 0.500. The molecule has 29 heavy (non-hydrogen) atoms. The number of fused-ring (bicyclic) bond motifs is 1. The van der Waals surface area contributed by atoms with E-state index in [1.165, 1.54) is 0 Å². The molecule has 0 aromatic carbocycles. The summed E-state index contributed by atoms with van der Waals surface area (Å²) in [6.45, 7) is 9.82. The molecule has 8 nitrogen and oxygen atoms in total. The average molecular weight is 410 g/mol. The third kappa shape index (κ3) is 3.96. The zero-order chi connectivity index (χ0) is 20.5. The van der Waals surface area contributed by atoms with E-state index in [4.69, 9.17) is 4.74 Å². The van der Waals surface area contributed by atoms with Crippen LogP contribution in [-0.2, 0) is 17.0 Å². The van der Waals surface area contributed by atoms with Crippen LogP contribution in [0.2, 0.25) is 25.7 Å². The minimum atomic E-state index is -1.10. The molecule has 9 heteroatoms. The van der Waals surface area contributed by atoms with Crippen LogP contribution in [-0.4, -0.2) is 52.1 Å². The predicted octanol–water partition coefficient (Wildman–Crippen LogP) is 2.82. The monoisotopic (exact) mass is 409 g/mol. The zero-order valence-electron chi connectivity index (χ0n) is 17.2. The highest BCUT2D eigenvalue weighted by atomic mass is 28.3. The van der Waals surface area contributed by atoms with Crippen molar-refractivity contribution >= 4 is 19.1 Å². The molecule has 0 unspecified atom stereocenters. The van der Waals surface area contributed by atoms with Crippen molar-refractivity contribution in [2.24, 2.45) is 0 Å². The lowest BCUT2D eigenvalue weighted by Gasteiger charge is -2.41. The van der Waals surface area contributed by atoms with Crippen LogP contribution in [0.3, 0.4) is 0 Å². The van der Waals surface area contributed by atoms with Gasteiger partial charge < -0.3 is 14.6 Å². The molecular weight excluding hydrogens is 382 g/mol. The van der Waals surface area contributed by atoms with E-state index >= 15 is 0 Å². The number of hydrogen-bond acceptors (Lipinski definition) is 6. The van der Waals surface area contributed by atoms with Gasteiger partial charge in [-0.15, -0.1) is 14.1 Å². The molecular formula is C20H27N7OSi-. The van der Waals surface area contributed by atoms with E-state index in [9.17, 15) is 5.26 Å². The maximum Gasteiger partial charge on any atom is 0.145 e. The second-order valence-electron chi connectivity index (χ2n) is 8.93. The molecule has 1 N–H and O–H groups in total. The Morgan fingerprint density at radius 2 is 2.14 bits per heavy atom. The summed E-state index contributed by atoms with van der Waals surface area (Å²) in [6.07, 6.45) is 7.83. The van der Waals surface area contributed by atoms with Gasteiger partial charge in [0.05, 0.1) is 24.4 Å². The van der Waals surface area contributed by atoms with Gasteiger partial charge in [-0.05, 0) is 6.07 Å². The third-order valence-electron chi connectivity index (χ3n) is 5.44. The van der Waals surface area contributed by atoms with Crippen LogP contribution in [0.1, 0.15) is 6.42 Å². The van der Waals surface area contributed by atoms with Gasteiger partial charge in [-0.2, -0.15) is 30.0 Å². The van der Waals surface area contributed by atoms with Gasteiger partial charge in [0.15, 0.2) is 0 Å². The van der Waals surface area contributed by atoms with Crippen molar-refractivity contribution in [1.29, 1.82) is 5.26 Å². The molecule has 0 saturated carbocycles. The van der Waals surface area contributed by atoms with Gasteiger partial charge in [0.2, 0.25) is 0 Å². The van der Waals surface area contributed by atoms with Crippen molar-refractivity contribution in [2.45, 2.75) is 44.4 Å². The van der Waals surface area contributed by atoms with Crippen LogP contribution < -0.4 is 5.32 Å². The zero-order valence-corrected chi connectivity index (χ0v) is 18.2. The summed E-state index contributed by atoms with van der Waals surface area (Å²) in [6, 6.07) is 5.45. The van der Waals surface area contributed by atoms with E-state index in [0.29, 0.717) is 13.2 Å². The predicted molar refractivity (Wildman–Crippen MR) is 114 cm³/mol. The summed E-state index contributed by atoms with van der Waals surface area (Å²) in [4.78, 5) is 8.98. The van der Waals surface area contributed by atoms with Crippen LogP contribution in [0.25, 0.3) is 22.3 Å². The Bertz CT molecular complexity index is 1040. The molecule has 3 aromatic rings. The Morgan fingerprint density at radius 3 is 2.83 bits per heavy atom. The van der Waals surface area contributed by atoms with Gasteiger partial charge >= 0.3 is 0 Å². The lowest BCUT2D eigenvalue weighted by Crippen LogP contribution is -2.60. The summed E-state index contributed by atoms with van der Waals surface area (Å²) in [5.41, 5.74) is 2.38. The Morgan fingerprint density at radius 1 is 1.31 bits per heavy atom. The third-order valence-corrected chi connectivity index (χ3v) is 7.15. The minimum absolute atomic E-state index is 0.255. The number of nitrogens with zero attached hydrogens (tertiary/aromatic N) is 6. The molecule has 153 valence electrons. The molecule has 1 aliphatic heterocycles. The fourth-order valence-electron chi connectivity index (χ4n) is 3.51. The molecule has 4 heterocycles. The number of rotatable bonds is 8. The van der Waals surface area contributed by atoms with Crippen LogP contribution in [0.5, 0.6) is 0 Å². The smallest absolute Gasteiger partial charge is 0.145 e. The Balaban J connectivity index is 1.55. The first kappa shape index (κ1) is 19.8. The molecule has 0 spiro atoms. The van der Waals surface area contributed by atoms with Crippen LogP contribution in [0, 0.1) is 11.3 Å². The SMILES string of the molecule is C[Si-](C)(C)CCOCn1ccc2c(-c3cnn(C4(CC#N)CNC4)c3)ncnc21. The summed E-state index contributed by atoms with van der Waals surface area (Å²) in [5.74, 6) is 0. The summed E-state index contributed by atoms with van der Waals surface area (Å²) in [5, 5.41) is 17.9. The molecule has 0 amide bonds. The highest BCUT2D eigenvalue weighted by Crippen LogP contribution is 2.30. The van der Waals surface area contributed by atoms with Crippen molar-refractivity contribution < 1.29 is 4.74 Å². The second-order valence-corrected chi connectivity index (χ2v) is 14.6. The first-order chi connectivity index (χ1) is 13.9. The first-order valence-corrected chi connectivity index (χ1v) is 13.6. The van der Waals surface area contributed by atoms with Crippen molar-refractivity contribution in [3.8, 4) is 17.3 Å². The molecule has 0 bridgehead atoms. The highest BCUT2D eigenvalue weighted by molar-refractivity contribution is 6.76. The Hall–Kier alpha value is -2.54. The summed E-state index contributed by atoms with van der Waals surface area (Å²) in [7, 11) is -1.10. The molecule has 4 rings (SSSR count). The number of nitrogens with one attached hydrogen (secondary N) is 1. The number of ether oxygens (including phenoxy) is 1. The quantitative estimate of drug-likeness (QED) is 0.454. The van der Waals surface area contributed by atoms with Crippen LogP contribution in [0.15, 0.2) is 31.0 Å². The molecule has 0 aliphatic carbocycles. The average Bonchev–Trinajstić information content (AvgIpc) is 3.28. The first-order valence-electron chi connectivity index (χ1n) is 9.93. The van der Waals surface area contributed by atoms with E-state index in [1.807, 2.05) is 33.9 Å². The van der Waals surface area contributed by atoms with Crippen molar-refractivity contribution in [3.05, 3.63) is 31.0 Å². The maximum absolute atomic E-state index is 9.18. The van der Waals surface area contributed by atoms with Gasteiger partial charge in [0.25, 0.3) is 0 Å². The standard InChI is InChI=1S/C20H27N7OSi/c1-29(2,3)9-8-28-15-26-7-4-17-18(23-14-24-19(17)26)16-10-25-27(11-16)20(5-6-21)12-22-13-20/h4,7,10-11,14,22H,5,8-9,12-13,15H2,1-3H3/q-1. The lowest BCUT2D eigenvalue weighted by molar-refractivity contribution is 0.0899. The van der Waals surface area contributed by atoms with Gasteiger partial charge in [0, 0.05) is 43.0 Å². The van der Waals surface area contributed by atoms with Gasteiger partial charge in [-0.25, -0.2) is 9.97 Å². The van der Waals surface area contributed by atoms with Crippen molar-refractivity contribution in [3.63, 3.8) is 0 Å². The van der Waals surface area contributed by atoms with Crippen LogP contribution >= 0.6 is 0 Å². The number of nitriles is 1. The summed E-state index contributed by atoms with van der Waals surface area (Å²) < 4.78 is 9.81. The Labute approximate surface area is 171 Å². The van der Waals surface area contributed by atoms with Gasteiger partial charge in [-0.1, -0.05) is 0 Å². The molecule has 0 radical (unpaired) electrons. The van der Waals surface area contributed by atoms with Crippen molar-refractivity contribution in [2.75, 3.05) is 19.7 Å². The fourth-order valence-corrected chi connectivity index (χ4v) is 4.27. The number of aromatic nitrogens is 5. The highest BCUT2D eigenvalue weighted by Gasteiger charge is 2.39.